The zero-order valence-corrected chi connectivity index (χ0v) is 23.7. The zero-order valence-electron chi connectivity index (χ0n) is 23.7. The van der Waals surface area contributed by atoms with Crippen molar-refractivity contribution in [2.45, 2.75) is 119 Å². The van der Waals surface area contributed by atoms with Crippen LogP contribution in [-0.4, -0.2) is 26.3 Å². The van der Waals surface area contributed by atoms with Crippen molar-refractivity contribution in [2.75, 3.05) is 0 Å². The summed E-state index contributed by atoms with van der Waals surface area (Å²) in [6.07, 6.45) is 8.38. The number of alkyl halides is 1. The maximum atomic E-state index is 15.3. The molecule has 0 aliphatic rings. The quantitative estimate of drug-likeness (QED) is 0.223. The van der Waals surface area contributed by atoms with E-state index in [4.69, 9.17) is 0 Å². The van der Waals surface area contributed by atoms with E-state index in [9.17, 15) is 9.90 Å². The number of unbranched alkanes of at least 4 members (excludes halogenated alkanes) is 1. The van der Waals surface area contributed by atoms with Crippen LogP contribution in [0, 0.1) is 0 Å². The fourth-order valence-electron chi connectivity index (χ4n) is 4.29. The Bertz CT molecular complexity index is 917. The van der Waals surface area contributed by atoms with Crippen LogP contribution in [0.15, 0.2) is 42.0 Å². The number of nitrogens with zero attached hydrogens (tertiary/aromatic N) is 2. The Labute approximate surface area is 213 Å². The Kier molecular flexibility index (Phi) is 14.5. The highest BCUT2D eigenvalue weighted by Gasteiger charge is 2.33. The van der Waals surface area contributed by atoms with Gasteiger partial charge in [0.25, 0.3) is 0 Å². The summed E-state index contributed by atoms with van der Waals surface area (Å²) in [5.74, 6) is 0.253. The average Bonchev–Trinajstić information content (AvgIpc) is 3.14. The summed E-state index contributed by atoms with van der Waals surface area (Å²) in [5.41, 5.74) is 4.38. The van der Waals surface area contributed by atoms with Gasteiger partial charge in [0.15, 0.2) is 5.78 Å². The van der Waals surface area contributed by atoms with Gasteiger partial charge in [-0.1, -0.05) is 84.8 Å². The molecule has 198 valence electrons. The Morgan fingerprint density at radius 3 is 2.11 bits per heavy atom. The lowest BCUT2D eigenvalue weighted by Gasteiger charge is -2.29. The zero-order chi connectivity index (χ0) is 27.3. The van der Waals surface area contributed by atoms with Crippen LogP contribution in [0.3, 0.4) is 0 Å². The van der Waals surface area contributed by atoms with Gasteiger partial charge in [0.05, 0.1) is 6.54 Å². The fraction of sp³-hybridized carbons (Fsp3) is 0.600. The van der Waals surface area contributed by atoms with E-state index in [1.54, 1.807) is 10.8 Å². The van der Waals surface area contributed by atoms with Gasteiger partial charge in [-0.25, -0.2) is 4.39 Å². The Morgan fingerprint density at radius 2 is 1.74 bits per heavy atom. The number of hydrogen-bond acceptors (Lipinski definition) is 3. The molecule has 0 spiro atoms. The SMILES string of the molecule is C=C(O)c1nn(CC(C)=O)c(CC)c1C(C)C.C=C/C=C(\C(C)=C(C)C)C(F)(CCC)CCCC. The highest BCUT2D eigenvalue weighted by atomic mass is 19.1. The van der Waals surface area contributed by atoms with Gasteiger partial charge in [-0.05, 0) is 64.0 Å². The largest absolute Gasteiger partial charge is 0.506 e. The molecule has 1 aromatic heterocycles. The minimum Gasteiger partial charge on any atom is -0.506 e. The predicted octanol–water partition coefficient (Wildman–Crippen LogP) is 8.84. The van der Waals surface area contributed by atoms with Crippen molar-refractivity contribution < 1.29 is 14.3 Å². The number of hydrogen-bond donors (Lipinski definition) is 1. The van der Waals surface area contributed by atoms with Crippen LogP contribution >= 0.6 is 0 Å². The van der Waals surface area contributed by atoms with Crippen molar-refractivity contribution in [3.63, 3.8) is 0 Å². The molecule has 0 aliphatic heterocycles. The number of ketones is 1. The molecule has 35 heavy (non-hydrogen) atoms. The predicted molar refractivity (Wildman–Crippen MR) is 149 cm³/mol. The van der Waals surface area contributed by atoms with E-state index in [1.165, 1.54) is 12.5 Å². The smallest absolute Gasteiger partial charge is 0.151 e. The van der Waals surface area contributed by atoms with Crippen molar-refractivity contribution >= 4 is 11.5 Å². The molecule has 0 saturated heterocycles. The molecule has 1 unspecified atom stereocenters. The molecule has 0 aromatic carbocycles. The number of aliphatic hydroxyl groups excluding tert-OH is 1. The van der Waals surface area contributed by atoms with Gasteiger partial charge in [-0.3, -0.25) is 9.48 Å². The Balaban J connectivity index is 0.000000661. The molecule has 0 fully saturated rings. The number of Topliss-reactive ketones (excluding diaryl/α,β-unsaturated/α-hetero) is 1. The number of rotatable bonds is 13. The highest BCUT2D eigenvalue weighted by Crippen LogP contribution is 2.38. The molecule has 1 N–H and O–H groups in total. The van der Waals surface area contributed by atoms with Gasteiger partial charge in [-0.2, -0.15) is 5.10 Å². The maximum absolute atomic E-state index is 15.3. The third-order valence-electron chi connectivity index (χ3n) is 6.15. The van der Waals surface area contributed by atoms with Crippen LogP contribution in [0.5, 0.6) is 0 Å². The lowest BCUT2D eigenvalue weighted by Crippen LogP contribution is -2.26. The molecule has 4 nitrogen and oxygen atoms in total. The second-order valence-corrected chi connectivity index (χ2v) is 9.78. The van der Waals surface area contributed by atoms with Crippen molar-refractivity contribution in [2.24, 2.45) is 0 Å². The van der Waals surface area contributed by atoms with Gasteiger partial charge in [0, 0.05) is 11.3 Å². The number of aliphatic hydroxyl groups is 1. The third kappa shape index (κ3) is 9.62. The average molecular weight is 489 g/mol. The van der Waals surface area contributed by atoms with Crippen LogP contribution in [0.1, 0.15) is 117 Å². The lowest BCUT2D eigenvalue weighted by molar-refractivity contribution is -0.117. The summed E-state index contributed by atoms with van der Waals surface area (Å²) in [5, 5.41) is 13.9. The van der Waals surface area contributed by atoms with Crippen LogP contribution in [0.25, 0.3) is 5.76 Å². The summed E-state index contributed by atoms with van der Waals surface area (Å²) in [7, 11) is 0. The molecular weight excluding hydrogens is 439 g/mol. The summed E-state index contributed by atoms with van der Waals surface area (Å²) >= 11 is 0. The maximum Gasteiger partial charge on any atom is 0.151 e. The van der Waals surface area contributed by atoms with E-state index in [2.05, 4.69) is 25.2 Å². The standard InChI is InChI=1S/C17H29F.C13H20N2O2/c1-7-10-13-17(18,12-9-3)16(11-8-2)15(6)14(4)5;1-6-11-12(8(2)3)13(10(5)17)14-15(11)7-9(4)16/h8,11H,2,7,9-10,12-13H2,1,3-6H3;8,17H,5-7H2,1-4H3/b16-11+;. The van der Waals surface area contributed by atoms with Crippen LogP contribution < -0.4 is 0 Å². The van der Waals surface area contributed by atoms with Crippen molar-refractivity contribution in [3.05, 3.63) is 59.0 Å². The molecule has 0 saturated carbocycles. The second-order valence-electron chi connectivity index (χ2n) is 9.78. The van der Waals surface area contributed by atoms with Gasteiger partial charge >= 0.3 is 0 Å². The first-order chi connectivity index (χ1) is 16.3. The summed E-state index contributed by atoms with van der Waals surface area (Å²) in [4.78, 5) is 11.2. The number of halogens is 1. The van der Waals surface area contributed by atoms with E-state index in [0.717, 1.165) is 48.1 Å². The number of aromatic nitrogens is 2. The molecule has 5 heteroatoms. The summed E-state index contributed by atoms with van der Waals surface area (Å²) in [6.45, 7) is 25.4. The van der Waals surface area contributed by atoms with E-state index in [1.807, 2.05) is 54.5 Å². The number of allylic oxidation sites excluding steroid dienone is 5. The second kappa shape index (κ2) is 15.5. The van der Waals surface area contributed by atoms with Crippen LogP contribution in [-0.2, 0) is 17.8 Å². The Hall–Kier alpha value is -2.43. The monoisotopic (exact) mass is 488 g/mol. The Morgan fingerprint density at radius 1 is 1.14 bits per heavy atom. The van der Waals surface area contributed by atoms with Crippen molar-refractivity contribution in [1.29, 1.82) is 0 Å². The first-order valence-electron chi connectivity index (χ1n) is 12.9. The molecule has 0 bridgehead atoms. The van der Waals surface area contributed by atoms with Crippen molar-refractivity contribution in [1.82, 2.24) is 9.78 Å². The third-order valence-corrected chi connectivity index (χ3v) is 6.15. The van der Waals surface area contributed by atoms with Crippen molar-refractivity contribution in [3.8, 4) is 0 Å². The minimum atomic E-state index is -1.19. The van der Waals surface area contributed by atoms with Crippen LogP contribution in [0.2, 0.25) is 0 Å². The van der Waals surface area contributed by atoms with Gasteiger partial charge < -0.3 is 5.11 Å². The minimum absolute atomic E-state index is 0.0364. The van der Waals surface area contributed by atoms with Crippen LogP contribution in [0.4, 0.5) is 4.39 Å². The van der Waals surface area contributed by atoms with E-state index >= 15 is 4.39 Å². The van der Waals surface area contributed by atoms with E-state index in [0.29, 0.717) is 18.5 Å². The molecular formula is C30H49FN2O2. The summed E-state index contributed by atoms with van der Waals surface area (Å²) < 4.78 is 17.0. The molecule has 1 heterocycles. The molecule has 0 aliphatic carbocycles. The van der Waals surface area contributed by atoms with E-state index in [-0.39, 0.29) is 24.0 Å². The topological polar surface area (TPSA) is 55.1 Å². The molecule has 1 rings (SSSR count). The van der Waals surface area contributed by atoms with E-state index < -0.39 is 5.67 Å². The normalized spacial score (nSPS) is 13.1. The highest BCUT2D eigenvalue weighted by molar-refractivity contribution is 5.75. The molecule has 0 radical (unpaired) electrons. The number of carbonyl (C=O) groups is 1. The molecule has 0 amide bonds. The summed E-state index contributed by atoms with van der Waals surface area (Å²) in [6, 6.07) is 0. The number of carbonyl (C=O) groups excluding carboxylic acids is 1. The first kappa shape index (κ1) is 32.6. The first-order valence-corrected chi connectivity index (χ1v) is 12.9. The van der Waals surface area contributed by atoms with Gasteiger partial charge in [0.1, 0.15) is 17.1 Å². The molecule has 1 aromatic rings. The molecule has 1 atom stereocenters. The van der Waals surface area contributed by atoms with Gasteiger partial charge in [-0.15, -0.1) is 0 Å². The van der Waals surface area contributed by atoms with Gasteiger partial charge in [0.2, 0.25) is 0 Å². The lowest BCUT2D eigenvalue weighted by atomic mass is 9.81. The fourth-order valence-corrected chi connectivity index (χ4v) is 4.29.